The Hall–Kier alpha value is -2.17. The van der Waals surface area contributed by atoms with E-state index in [1.165, 1.54) is 0 Å². The number of hydrogen-bond donors (Lipinski definition) is 1. The largest absolute Gasteiger partial charge is 0.376 e. The van der Waals surface area contributed by atoms with E-state index in [-0.39, 0.29) is 11.6 Å². The summed E-state index contributed by atoms with van der Waals surface area (Å²) in [6.45, 7) is 6.57. The molecule has 0 aromatic carbocycles. The SMILES string of the molecule is CCn1cc(NC(C)c2nccnc2C)ccc1=O. The van der Waals surface area contributed by atoms with Gasteiger partial charge >= 0.3 is 0 Å². The fourth-order valence-corrected chi connectivity index (χ4v) is 2.03. The van der Waals surface area contributed by atoms with Gasteiger partial charge in [-0.3, -0.25) is 14.8 Å². The minimum Gasteiger partial charge on any atom is -0.376 e. The van der Waals surface area contributed by atoms with Gasteiger partial charge in [-0.25, -0.2) is 0 Å². The minimum atomic E-state index is 0.0105. The van der Waals surface area contributed by atoms with E-state index in [4.69, 9.17) is 0 Å². The van der Waals surface area contributed by atoms with E-state index in [9.17, 15) is 4.79 Å². The molecule has 1 unspecified atom stereocenters. The van der Waals surface area contributed by atoms with E-state index in [1.807, 2.05) is 27.0 Å². The fraction of sp³-hybridized carbons (Fsp3) is 0.357. The minimum absolute atomic E-state index is 0.0105. The van der Waals surface area contributed by atoms with E-state index in [0.29, 0.717) is 6.54 Å². The van der Waals surface area contributed by atoms with Gasteiger partial charge in [0.25, 0.3) is 5.56 Å². The van der Waals surface area contributed by atoms with Crippen LogP contribution in [0.25, 0.3) is 0 Å². The second-order valence-corrected chi connectivity index (χ2v) is 4.44. The molecule has 0 amide bonds. The van der Waals surface area contributed by atoms with Crippen LogP contribution in [0.5, 0.6) is 0 Å². The molecule has 5 nitrogen and oxygen atoms in total. The summed E-state index contributed by atoms with van der Waals surface area (Å²) in [6, 6.07) is 3.40. The number of nitrogens with one attached hydrogen (secondary N) is 1. The van der Waals surface area contributed by atoms with Gasteiger partial charge in [-0.05, 0) is 26.8 Å². The molecule has 1 atom stereocenters. The Labute approximate surface area is 112 Å². The summed E-state index contributed by atoms with van der Waals surface area (Å²) < 4.78 is 1.67. The summed E-state index contributed by atoms with van der Waals surface area (Å²) >= 11 is 0. The van der Waals surface area contributed by atoms with Crippen LogP contribution < -0.4 is 10.9 Å². The number of aryl methyl sites for hydroxylation is 2. The fourth-order valence-electron chi connectivity index (χ4n) is 2.03. The molecule has 0 aliphatic rings. The average Bonchev–Trinajstić information content (AvgIpc) is 2.41. The van der Waals surface area contributed by atoms with Crippen LogP contribution in [0.2, 0.25) is 0 Å². The van der Waals surface area contributed by atoms with E-state index >= 15 is 0 Å². The summed E-state index contributed by atoms with van der Waals surface area (Å²) in [7, 11) is 0. The first-order valence-corrected chi connectivity index (χ1v) is 6.36. The van der Waals surface area contributed by atoms with Gasteiger partial charge < -0.3 is 9.88 Å². The van der Waals surface area contributed by atoms with Crippen molar-refractivity contribution in [2.75, 3.05) is 5.32 Å². The molecule has 100 valence electrons. The maximum atomic E-state index is 11.5. The molecule has 2 heterocycles. The molecule has 2 aromatic rings. The van der Waals surface area contributed by atoms with Gasteiger partial charge in [0.05, 0.1) is 23.1 Å². The van der Waals surface area contributed by atoms with Crippen LogP contribution in [-0.4, -0.2) is 14.5 Å². The van der Waals surface area contributed by atoms with Crippen molar-refractivity contribution in [3.8, 4) is 0 Å². The number of hydrogen-bond acceptors (Lipinski definition) is 4. The quantitative estimate of drug-likeness (QED) is 0.912. The van der Waals surface area contributed by atoms with Crippen LogP contribution in [0.15, 0.2) is 35.5 Å². The Morgan fingerprint density at radius 1 is 1.32 bits per heavy atom. The summed E-state index contributed by atoms with van der Waals surface area (Å²) in [5.41, 5.74) is 2.73. The van der Waals surface area contributed by atoms with Gasteiger partial charge in [-0.2, -0.15) is 0 Å². The first kappa shape index (κ1) is 13.3. The Kier molecular flexibility index (Phi) is 3.94. The first-order valence-electron chi connectivity index (χ1n) is 6.36. The number of pyridine rings is 1. The normalized spacial score (nSPS) is 12.2. The van der Waals surface area contributed by atoms with Crippen molar-refractivity contribution < 1.29 is 0 Å². The van der Waals surface area contributed by atoms with Crippen molar-refractivity contribution in [3.63, 3.8) is 0 Å². The van der Waals surface area contributed by atoms with Gasteiger partial charge in [0.2, 0.25) is 0 Å². The molecule has 0 aliphatic heterocycles. The Balaban J connectivity index is 2.22. The van der Waals surface area contributed by atoms with Crippen molar-refractivity contribution in [3.05, 3.63) is 52.5 Å². The lowest BCUT2D eigenvalue weighted by molar-refractivity contribution is 0.723. The number of aromatic nitrogens is 3. The van der Waals surface area contributed by atoms with E-state index in [2.05, 4.69) is 15.3 Å². The molecule has 0 saturated heterocycles. The molecule has 0 radical (unpaired) electrons. The summed E-state index contributed by atoms with van der Waals surface area (Å²) in [5.74, 6) is 0. The average molecular weight is 258 g/mol. The van der Waals surface area contributed by atoms with E-state index in [1.54, 1.807) is 29.1 Å². The number of rotatable bonds is 4. The molecule has 0 fully saturated rings. The third-order valence-corrected chi connectivity index (χ3v) is 3.04. The molecular formula is C14H18N4O. The summed E-state index contributed by atoms with van der Waals surface area (Å²) in [5, 5.41) is 3.34. The maximum Gasteiger partial charge on any atom is 0.250 e. The van der Waals surface area contributed by atoms with E-state index in [0.717, 1.165) is 17.1 Å². The van der Waals surface area contributed by atoms with Crippen LogP contribution in [-0.2, 0) is 6.54 Å². The molecule has 0 spiro atoms. The molecule has 5 heteroatoms. The summed E-state index contributed by atoms with van der Waals surface area (Å²) in [6.07, 6.45) is 5.20. The van der Waals surface area contributed by atoms with Gasteiger partial charge in [0.15, 0.2) is 0 Å². The second-order valence-electron chi connectivity index (χ2n) is 4.44. The zero-order chi connectivity index (χ0) is 13.8. The third kappa shape index (κ3) is 2.99. The zero-order valence-electron chi connectivity index (χ0n) is 11.4. The second kappa shape index (κ2) is 5.65. The molecule has 0 saturated carbocycles. The molecule has 19 heavy (non-hydrogen) atoms. The highest BCUT2D eigenvalue weighted by molar-refractivity contribution is 5.42. The lowest BCUT2D eigenvalue weighted by Crippen LogP contribution is -2.19. The third-order valence-electron chi connectivity index (χ3n) is 3.04. The zero-order valence-corrected chi connectivity index (χ0v) is 11.4. The Morgan fingerprint density at radius 2 is 2.05 bits per heavy atom. The molecule has 2 rings (SSSR count). The highest BCUT2D eigenvalue weighted by atomic mass is 16.1. The van der Waals surface area contributed by atoms with Crippen molar-refractivity contribution >= 4 is 5.69 Å². The van der Waals surface area contributed by atoms with Crippen LogP contribution >= 0.6 is 0 Å². The predicted octanol–water partition coefficient (Wildman–Crippen LogP) is 2.14. The van der Waals surface area contributed by atoms with Crippen LogP contribution in [0.3, 0.4) is 0 Å². The van der Waals surface area contributed by atoms with Crippen molar-refractivity contribution in [1.29, 1.82) is 0 Å². The van der Waals surface area contributed by atoms with Gasteiger partial charge in [0, 0.05) is 31.2 Å². The molecular weight excluding hydrogens is 240 g/mol. The van der Waals surface area contributed by atoms with Crippen LogP contribution in [0, 0.1) is 6.92 Å². The highest BCUT2D eigenvalue weighted by Gasteiger charge is 2.10. The molecule has 0 bridgehead atoms. The predicted molar refractivity (Wildman–Crippen MR) is 75.2 cm³/mol. The highest BCUT2D eigenvalue weighted by Crippen LogP contribution is 2.17. The topological polar surface area (TPSA) is 59.8 Å². The molecule has 2 aromatic heterocycles. The van der Waals surface area contributed by atoms with Crippen molar-refractivity contribution in [2.24, 2.45) is 0 Å². The standard InChI is InChI=1S/C14H18N4O/c1-4-18-9-12(5-6-13(18)19)17-11(3)14-10(2)15-7-8-16-14/h5-9,11,17H,4H2,1-3H3. The van der Waals surface area contributed by atoms with Crippen molar-refractivity contribution in [1.82, 2.24) is 14.5 Å². The van der Waals surface area contributed by atoms with Crippen LogP contribution in [0.1, 0.15) is 31.3 Å². The Morgan fingerprint density at radius 3 is 2.74 bits per heavy atom. The van der Waals surface area contributed by atoms with Gasteiger partial charge in [0.1, 0.15) is 0 Å². The monoisotopic (exact) mass is 258 g/mol. The number of anilines is 1. The lowest BCUT2D eigenvalue weighted by Gasteiger charge is -2.16. The van der Waals surface area contributed by atoms with Crippen LogP contribution in [0.4, 0.5) is 5.69 Å². The first-order chi connectivity index (χ1) is 9.11. The summed E-state index contributed by atoms with van der Waals surface area (Å²) in [4.78, 5) is 20.1. The lowest BCUT2D eigenvalue weighted by atomic mass is 10.2. The van der Waals surface area contributed by atoms with Gasteiger partial charge in [-0.15, -0.1) is 0 Å². The molecule has 1 N–H and O–H groups in total. The smallest absolute Gasteiger partial charge is 0.250 e. The molecule has 0 aliphatic carbocycles. The van der Waals surface area contributed by atoms with Crippen molar-refractivity contribution in [2.45, 2.75) is 33.4 Å². The van der Waals surface area contributed by atoms with E-state index < -0.39 is 0 Å². The Bertz CT molecular complexity index is 621. The van der Waals surface area contributed by atoms with Gasteiger partial charge in [-0.1, -0.05) is 0 Å². The maximum absolute atomic E-state index is 11.5. The number of nitrogens with zero attached hydrogens (tertiary/aromatic N) is 3.